The summed E-state index contributed by atoms with van der Waals surface area (Å²) in [5.41, 5.74) is 0. The molecule has 0 unspecified atom stereocenters. The number of β-amino-alcohol motifs (C(OH)–C–C–N with tert-alkyl or cyclic N) is 1. The summed E-state index contributed by atoms with van der Waals surface area (Å²) < 4.78 is 0. The number of nitrogens with one attached hydrogen (secondary N) is 2. The van der Waals surface area contributed by atoms with Crippen molar-refractivity contribution in [1.82, 2.24) is 15.5 Å². The molecule has 2 aliphatic rings. The summed E-state index contributed by atoms with van der Waals surface area (Å²) in [7, 11) is 4.12. The van der Waals surface area contributed by atoms with Gasteiger partial charge in [0.2, 0.25) is 5.91 Å². The van der Waals surface area contributed by atoms with Crippen molar-refractivity contribution >= 4 is 5.91 Å². The molecule has 5 heteroatoms. The van der Waals surface area contributed by atoms with Crippen LogP contribution in [0, 0.1) is 5.92 Å². The number of carbonyl (C=O) groups excluding carboxylic acids is 1. The Morgan fingerprint density at radius 2 is 2.24 bits per heavy atom. The lowest BCUT2D eigenvalue weighted by Gasteiger charge is -2.25. The number of amides is 1. The molecular weight excluding hydrogens is 218 g/mol. The first-order chi connectivity index (χ1) is 8.08. The van der Waals surface area contributed by atoms with Crippen LogP contribution in [0.2, 0.25) is 0 Å². The molecule has 1 saturated heterocycles. The number of carbonyl (C=O) groups is 1. The van der Waals surface area contributed by atoms with Crippen LogP contribution in [-0.2, 0) is 4.79 Å². The number of nitrogens with zero attached hydrogens (tertiary/aromatic N) is 1. The Bertz CT molecular complexity index is 277. The van der Waals surface area contributed by atoms with Crippen LogP contribution < -0.4 is 10.6 Å². The highest BCUT2D eigenvalue weighted by atomic mass is 16.3. The smallest absolute Gasteiger partial charge is 0.237 e. The molecule has 1 heterocycles. The summed E-state index contributed by atoms with van der Waals surface area (Å²) in [6.45, 7) is 1.24. The van der Waals surface area contributed by atoms with Gasteiger partial charge in [0.25, 0.3) is 0 Å². The first-order valence-corrected chi connectivity index (χ1v) is 6.43. The van der Waals surface area contributed by atoms with Crippen molar-refractivity contribution in [2.75, 3.05) is 27.2 Å². The highest BCUT2D eigenvalue weighted by Crippen LogP contribution is 2.34. The van der Waals surface area contributed by atoms with Crippen molar-refractivity contribution in [2.45, 2.75) is 37.5 Å². The minimum atomic E-state index is -0.376. The molecule has 0 radical (unpaired) electrons. The molecule has 1 aliphatic heterocycles. The maximum Gasteiger partial charge on any atom is 0.237 e. The second-order valence-electron chi connectivity index (χ2n) is 5.46. The Kier molecular flexibility index (Phi) is 4.01. The van der Waals surface area contributed by atoms with E-state index in [1.54, 1.807) is 0 Å². The molecular formula is C12H23N3O2. The van der Waals surface area contributed by atoms with E-state index in [0.717, 1.165) is 5.92 Å². The highest BCUT2D eigenvalue weighted by Gasteiger charge is 2.34. The Morgan fingerprint density at radius 3 is 2.71 bits per heavy atom. The van der Waals surface area contributed by atoms with E-state index < -0.39 is 0 Å². The summed E-state index contributed by atoms with van der Waals surface area (Å²) in [6.07, 6.45) is 2.71. The first-order valence-electron chi connectivity index (χ1n) is 6.43. The molecule has 98 valence electrons. The molecule has 1 amide bonds. The van der Waals surface area contributed by atoms with Crippen molar-refractivity contribution in [1.29, 1.82) is 0 Å². The van der Waals surface area contributed by atoms with E-state index in [9.17, 15) is 9.90 Å². The largest absolute Gasteiger partial charge is 0.392 e. The van der Waals surface area contributed by atoms with E-state index in [1.807, 2.05) is 0 Å². The zero-order chi connectivity index (χ0) is 12.4. The first kappa shape index (κ1) is 12.8. The number of rotatable bonds is 5. The molecule has 1 aliphatic carbocycles. The third-order valence-corrected chi connectivity index (χ3v) is 3.74. The van der Waals surface area contributed by atoms with Crippen LogP contribution in [0.1, 0.15) is 19.3 Å². The van der Waals surface area contributed by atoms with Gasteiger partial charge in [0.15, 0.2) is 0 Å². The number of aliphatic hydroxyl groups excluding tert-OH is 1. The van der Waals surface area contributed by atoms with Gasteiger partial charge < -0.3 is 20.6 Å². The van der Waals surface area contributed by atoms with Gasteiger partial charge in [0.05, 0.1) is 12.1 Å². The minimum absolute atomic E-state index is 0.0223. The van der Waals surface area contributed by atoms with Gasteiger partial charge in [-0.1, -0.05) is 0 Å². The predicted octanol–water partition coefficient (Wildman–Crippen LogP) is -0.834. The maximum absolute atomic E-state index is 11.9. The van der Waals surface area contributed by atoms with E-state index in [2.05, 4.69) is 29.6 Å². The van der Waals surface area contributed by atoms with Gasteiger partial charge in [-0.05, 0) is 39.3 Å². The third kappa shape index (κ3) is 3.40. The van der Waals surface area contributed by atoms with Crippen LogP contribution in [0.25, 0.3) is 0 Å². The maximum atomic E-state index is 11.9. The van der Waals surface area contributed by atoms with Gasteiger partial charge in [0, 0.05) is 19.1 Å². The summed E-state index contributed by atoms with van der Waals surface area (Å²) >= 11 is 0. The van der Waals surface area contributed by atoms with Gasteiger partial charge in [-0.15, -0.1) is 0 Å². The van der Waals surface area contributed by atoms with E-state index in [0.29, 0.717) is 25.6 Å². The van der Waals surface area contributed by atoms with Crippen LogP contribution >= 0.6 is 0 Å². The van der Waals surface area contributed by atoms with Gasteiger partial charge in [-0.2, -0.15) is 0 Å². The number of hydrogen-bond donors (Lipinski definition) is 3. The van der Waals surface area contributed by atoms with Crippen molar-refractivity contribution in [3.05, 3.63) is 0 Å². The molecule has 2 rings (SSSR count). The Morgan fingerprint density at radius 1 is 1.53 bits per heavy atom. The lowest BCUT2D eigenvalue weighted by Crippen LogP contribution is -2.47. The van der Waals surface area contributed by atoms with Crippen LogP contribution in [0.15, 0.2) is 0 Å². The monoisotopic (exact) mass is 241 g/mol. The SMILES string of the molecule is CN(C)[C@H](CNC(=O)[C@@H]1C[C@@H](O)CN1)C1CC1. The standard InChI is InChI=1S/C12H23N3O2/c1-15(2)11(8-3-4-8)7-14-12(17)10-5-9(16)6-13-10/h8-11,13,16H,3-7H2,1-2H3,(H,14,17)/t9-,10+,11-/m1/s1. The van der Waals surface area contributed by atoms with E-state index in [4.69, 9.17) is 0 Å². The molecule has 3 N–H and O–H groups in total. The highest BCUT2D eigenvalue weighted by molar-refractivity contribution is 5.82. The normalized spacial score (nSPS) is 30.6. The van der Waals surface area contributed by atoms with Gasteiger partial charge in [0.1, 0.15) is 0 Å². The molecule has 0 aromatic rings. The fourth-order valence-electron chi connectivity index (χ4n) is 2.50. The molecule has 2 fully saturated rings. The minimum Gasteiger partial charge on any atom is -0.392 e. The Labute approximate surface area is 103 Å². The average molecular weight is 241 g/mol. The molecule has 0 bridgehead atoms. The van der Waals surface area contributed by atoms with Crippen LogP contribution in [0.5, 0.6) is 0 Å². The van der Waals surface area contributed by atoms with Crippen molar-refractivity contribution in [2.24, 2.45) is 5.92 Å². The topological polar surface area (TPSA) is 64.6 Å². The number of aliphatic hydroxyl groups is 1. The molecule has 5 nitrogen and oxygen atoms in total. The van der Waals surface area contributed by atoms with Crippen LogP contribution in [-0.4, -0.2) is 61.3 Å². The zero-order valence-corrected chi connectivity index (χ0v) is 10.6. The van der Waals surface area contributed by atoms with Gasteiger partial charge in [-0.3, -0.25) is 4.79 Å². The average Bonchev–Trinajstić information content (AvgIpc) is 3.00. The quantitative estimate of drug-likeness (QED) is 0.587. The van der Waals surface area contributed by atoms with Gasteiger partial charge >= 0.3 is 0 Å². The molecule has 3 atom stereocenters. The summed E-state index contributed by atoms with van der Waals surface area (Å²) in [4.78, 5) is 14.0. The predicted molar refractivity (Wildman–Crippen MR) is 65.6 cm³/mol. The lowest BCUT2D eigenvalue weighted by atomic mass is 10.1. The summed E-state index contributed by atoms with van der Waals surface area (Å²) in [5.74, 6) is 0.765. The second-order valence-corrected chi connectivity index (χ2v) is 5.46. The molecule has 17 heavy (non-hydrogen) atoms. The molecule has 1 saturated carbocycles. The molecule has 0 aromatic carbocycles. The fraction of sp³-hybridized carbons (Fsp3) is 0.917. The second kappa shape index (κ2) is 5.33. The number of likely N-dealkylation sites (N-methyl/N-ethyl adjacent to an activating group) is 1. The van der Waals surface area contributed by atoms with E-state index >= 15 is 0 Å². The Hall–Kier alpha value is -0.650. The third-order valence-electron chi connectivity index (χ3n) is 3.74. The van der Waals surface area contributed by atoms with Crippen LogP contribution in [0.4, 0.5) is 0 Å². The zero-order valence-electron chi connectivity index (χ0n) is 10.6. The van der Waals surface area contributed by atoms with E-state index in [-0.39, 0.29) is 18.1 Å². The summed E-state index contributed by atoms with van der Waals surface area (Å²) in [6, 6.07) is 0.234. The van der Waals surface area contributed by atoms with Gasteiger partial charge in [-0.25, -0.2) is 0 Å². The molecule has 0 spiro atoms. The lowest BCUT2D eigenvalue weighted by molar-refractivity contribution is -0.123. The van der Waals surface area contributed by atoms with Crippen LogP contribution in [0.3, 0.4) is 0 Å². The van der Waals surface area contributed by atoms with Crippen molar-refractivity contribution < 1.29 is 9.90 Å². The molecule has 0 aromatic heterocycles. The van der Waals surface area contributed by atoms with Crippen molar-refractivity contribution in [3.63, 3.8) is 0 Å². The Balaban J connectivity index is 1.74. The van der Waals surface area contributed by atoms with E-state index in [1.165, 1.54) is 12.8 Å². The van der Waals surface area contributed by atoms with Crippen molar-refractivity contribution in [3.8, 4) is 0 Å². The summed E-state index contributed by atoms with van der Waals surface area (Å²) in [5, 5.41) is 15.4. The number of hydrogen-bond acceptors (Lipinski definition) is 4. The fourth-order valence-corrected chi connectivity index (χ4v) is 2.50.